The van der Waals surface area contributed by atoms with Gasteiger partial charge in [-0.15, -0.1) is 0 Å². The number of methoxy groups -OCH3 is 1. The summed E-state index contributed by atoms with van der Waals surface area (Å²) in [6.07, 6.45) is 1.68. The van der Waals surface area contributed by atoms with Gasteiger partial charge >= 0.3 is 5.97 Å². The third-order valence-corrected chi connectivity index (χ3v) is 5.51. The molecule has 0 N–H and O–H groups in total. The molecule has 1 aliphatic heterocycles. The molecule has 3 aromatic rings. The molecule has 4 rings (SSSR count). The van der Waals surface area contributed by atoms with E-state index in [0.29, 0.717) is 24.0 Å². The third-order valence-electron chi connectivity index (χ3n) is 4.79. The summed E-state index contributed by atoms with van der Waals surface area (Å²) in [5, 5.41) is 0. The maximum Gasteiger partial charge on any atom is 0.363 e. The largest absolute Gasteiger partial charge is 0.493 e. The number of ether oxygens (including phenoxy) is 3. The number of benzene rings is 3. The summed E-state index contributed by atoms with van der Waals surface area (Å²) in [7, 11) is 1.59. The number of esters is 1. The second-order valence-electron chi connectivity index (χ2n) is 6.98. The van der Waals surface area contributed by atoms with E-state index < -0.39 is 5.97 Å². The molecule has 3 aromatic carbocycles. The number of halogens is 1. The minimum atomic E-state index is -0.476. The van der Waals surface area contributed by atoms with E-state index in [-0.39, 0.29) is 5.70 Å². The molecule has 0 aliphatic carbocycles. The molecule has 0 fully saturated rings. The number of carbonyl (C=O) groups excluding carboxylic acids is 1. The van der Waals surface area contributed by atoms with Crippen LogP contribution in [0.5, 0.6) is 11.5 Å². The Morgan fingerprint density at radius 3 is 2.55 bits per heavy atom. The molecule has 0 atom stereocenters. The zero-order valence-electron chi connectivity index (χ0n) is 17.1. The van der Waals surface area contributed by atoms with Crippen LogP contribution in [0.4, 0.5) is 0 Å². The Labute approximate surface area is 194 Å². The second-order valence-corrected chi connectivity index (χ2v) is 8.22. The first-order valence-corrected chi connectivity index (χ1v) is 10.8. The maximum absolute atomic E-state index is 12.3. The fourth-order valence-corrected chi connectivity index (χ4v) is 3.49. The van der Waals surface area contributed by atoms with Gasteiger partial charge in [0.15, 0.2) is 17.2 Å². The van der Waals surface area contributed by atoms with E-state index in [1.54, 1.807) is 13.2 Å². The maximum atomic E-state index is 12.3. The van der Waals surface area contributed by atoms with Crippen LogP contribution < -0.4 is 9.47 Å². The quantitative estimate of drug-likeness (QED) is 0.241. The molecule has 31 heavy (non-hydrogen) atoms. The second kappa shape index (κ2) is 9.34. The molecule has 1 aliphatic rings. The first-order chi connectivity index (χ1) is 15.0. The fraction of sp³-hybridized carbons (Fsp3) is 0.120. The number of carbonyl (C=O) groups is 1. The van der Waals surface area contributed by atoms with E-state index in [1.807, 2.05) is 73.7 Å². The average molecular weight is 525 g/mol. The summed E-state index contributed by atoms with van der Waals surface area (Å²) in [5.74, 6) is 1.05. The predicted octanol–water partition coefficient (Wildman–Crippen LogP) is 5.53. The lowest BCUT2D eigenvalue weighted by molar-refractivity contribution is -0.129. The smallest absolute Gasteiger partial charge is 0.363 e. The third kappa shape index (κ3) is 4.96. The lowest BCUT2D eigenvalue weighted by atomic mass is 10.1. The SMILES string of the molecule is COc1cc(/C=C2\N=C(c3ccccc3C)OC2=O)ccc1OCc1ccc(I)cc1. The molecule has 0 unspecified atom stereocenters. The molecular weight excluding hydrogens is 505 g/mol. The standard InChI is InChI=1S/C25H20INO4/c1-16-5-3-4-6-20(16)24-27-21(25(28)31-24)13-18-9-12-22(23(14-18)29-2)30-15-17-7-10-19(26)11-8-17/h3-14H,15H2,1-2H3/b21-13-. The Kier molecular flexibility index (Phi) is 6.36. The van der Waals surface area contributed by atoms with Gasteiger partial charge in [0.2, 0.25) is 5.90 Å². The van der Waals surface area contributed by atoms with Crippen LogP contribution >= 0.6 is 22.6 Å². The molecular formula is C25H20INO4. The van der Waals surface area contributed by atoms with Gasteiger partial charge < -0.3 is 14.2 Å². The van der Waals surface area contributed by atoms with Crippen molar-refractivity contribution in [2.45, 2.75) is 13.5 Å². The van der Waals surface area contributed by atoms with Crippen molar-refractivity contribution in [3.05, 3.63) is 98.3 Å². The zero-order chi connectivity index (χ0) is 21.8. The van der Waals surface area contributed by atoms with Crippen LogP contribution in [-0.2, 0) is 16.1 Å². The van der Waals surface area contributed by atoms with Gasteiger partial charge in [0.1, 0.15) is 6.61 Å². The van der Waals surface area contributed by atoms with Gasteiger partial charge in [0, 0.05) is 9.13 Å². The lowest BCUT2D eigenvalue weighted by Gasteiger charge is -2.11. The normalized spacial score (nSPS) is 14.4. The molecule has 0 saturated carbocycles. The van der Waals surface area contributed by atoms with Crippen LogP contribution in [0.3, 0.4) is 0 Å². The Morgan fingerprint density at radius 1 is 1.03 bits per heavy atom. The average Bonchev–Trinajstić information content (AvgIpc) is 3.14. The summed E-state index contributed by atoms with van der Waals surface area (Å²) in [5.41, 5.74) is 3.87. The lowest BCUT2D eigenvalue weighted by Crippen LogP contribution is -2.06. The minimum absolute atomic E-state index is 0.243. The first kappa shape index (κ1) is 21.1. The van der Waals surface area contributed by atoms with Crippen LogP contribution in [-0.4, -0.2) is 19.0 Å². The van der Waals surface area contributed by atoms with E-state index in [0.717, 1.165) is 22.3 Å². The van der Waals surface area contributed by atoms with Crippen molar-refractivity contribution in [1.82, 2.24) is 0 Å². The molecule has 0 spiro atoms. The molecule has 0 saturated heterocycles. The van der Waals surface area contributed by atoms with Gasteiger partial charge in [-0.2, -0.15) is 0 Å². The summed E-state index contributed by atoms with van der Waals surface area (Å²) >= 11 is 2.27. The molecule has 0 aromatic heterocycles. The first-order valence-electron chi connectivity index (χ1n) is 9.67. The molecule has 0 radical (unpaired) electrons. The Morgan fingerprint density at radius 2 is 1.81 bits per heavy atom. The Balaban J connectivity index is 1.54. The highest BCUT2D eigenvalue weighted by molar-refractivity contribution is 14.1. The predicted molar refractivity (Wildman–Crippen MR) is 128 cm³/mol. The van der Waals surface area contributed by atoms with Crippen molar-refractivity contribution >= 4 is 40.5 Å². The topological polar surface area (TPSA) is 57.1 Å². The van der Waals surface area contributed by atoms with Crippen molar-refractivity contribution in [1.29, 1.82) is 0 Å². The van der Waals surface area contributed by atoms with E-state index in [1.165, 1.54) is 3.57 Å². The van der Waals surface area contributed by atoms with E-state index in [2.05, 4.69) is 27.6 Å². The highest BCUT2D eigenvalue weighted by Crippen LogP contribution is 2.30. The van der Waals surface area contributed by atoms with Crippen molar-refractivity contribution in [2.24, 2.45) is 4.99 Å². The number of hydrogen-bond donors (Lipinski definition) is 0. The highest BCUT2D eigenvalue weighted by Gasteiger charge is 2.25. The van der Waals surface area contributed by atoms with Crippen LogP contribution in [0.2, 0.25) is 0 Å². The fourth-order valence-electron chi connectivity index (χ4n) is 3.13. The van der Waals surface area contributed by atoms with Crippen LogP contribution in [0, 0.1) is 10.5 Å². The molecule has 156 valence electrons. The van der Waals surface area contributed by atoms with E-state index >= 15 is 0 Å². The van der Waals surface area contributed by atoms with Gasteiger partial charge in [-0.1, -0.05) is 36.4 Å². The van der Waals surface area contributed by atoms with Gasteiger partial charge in [0.25, 0.3) is 0 Å². The molecule has 0 bridgehead atoms. The zero-order valence-corrected chi connectivity index (χ0v) is 19.3. The van der Waals surface area contributed by atoms with Gasteiger partial charge in [-0.3, -0.25) is 0 Å². The minimum Gasteiger partial charge on any atom is -0.493 e. The molecule has 5 nitrogen and oxygen atoms in total. The van der Waals surface area contributed by atoms with Gasteiger partial charge in [0.05, 0.1) is 7.11 Å². The van der Waals surface area contributed by atoms with E-state index in [9.17, 15) is 4.79 Å². The monoisotopic (exact) mass is 525 g/mol. The number of aryl methyl sites for hydroxylation is 1. The van der Waals surface area contributed by atoms with Crippen LogP contribution in [0.15, 0.2) is 77.4 Å². The summed E-state index contributed by atoms with van der Waals surface area (Å²) in [6, 6.07) is 21.3. The van der Waals surface area contributed by atoms with Gasteiger partial charge in [-0.25, -0.2) is 9.79 Å². The van der Waals surface area contributed by atoms with Gasteiger partial charge in [-0.05, 0) is 82.6 Å². The molecule has 6 heteroatoms. The van der Waals surface area contributed by atoms with Crippen molar-refractivity contribution in [3.63, 3.8) is 0 Å². The Bertz CT molecular complexity index is 1180. The van der Waals surface area contributed by atoms with Crippen molar-refractivity contribution in [3.8, 4) is 11.5 Å². The number of nitrogens with zero attached hydrogens (tertiary/aromatic N) is 1. The summed E-state index contributed by atoms with van der Waals surface area (Å²) in [6.45, 7) is 2.39. The van der Waals surface area contributed by atoms with Crippen LogP contribution in [0.25, 0.3) is 6.08 Å². The molecule has 1 heterocycles. The number of aliphatic imine (C=N–C) groups is 1. The number of rotatable bonds is 6. The van der Waals surface area contributed by atoms with E-state index in [4.69, 9.17) is 14.2 Å². The number of hydrogen-bond acceptors (Lipinski definition) is 5. The summed E-state index contributed by atoms with van der Waals surface area (Å²) < 4.78 is 18.0. The highest BCUT2D eigenvalue weighted by atomic mass is 127. The van der Waals surface area contributed by atoms with Crippen molar-refractivity contribution in [2.75, 3.05) is 7.11 Å². The molecule has 0 amide bonds. The van der Waals surface area contributed by atoms with Crippen molar-refractivity contribution < 1.29 is 19.0 Å². The Hall–Kier alpha value is -3.13. The summed E-state index contributed by atoms with van der Waals surface area (Å²) in [4.78, 5) is 16.7. The van der Waals surface area contributed by atoms with Crippen LogP contribution in [0.1, 0.15) is 22.3 Å². The number of cyclic esters (lactones) is 1.